The highest BCUT2D eigenvalue weighted by Crippen LogP contribution is 2.27. The zero-order valence-electron chi connectivity index (χ0n) is 9.79. The van der Waals surface area contributed by atoms with Gasteiger partial charge in [0.2, 0.25) is 0 Å². The topological polar surface area (TPSA) is 76.0 Å². The van der Waals surface area contributed by atoms with Crippen LogP contribution in [0, 0.1) is 12.8 Å². The van der Waals surface area contributed by atoms with E-state index in [0.29, 0.717) is 11.7 Å². The summed E-state index contributed by atoms with van der Waals surface area (Å²) >= 11 is 0. The van der Waals surface area contributed by atoms with Crippen molar-refractivity contribution in [3.8, 4) is 5.75 Å². The number of aryl methyl sites for hydroxylation is 1. The van der Waals surface area contributed by atoms with Crippen molar-refractivity contribution in [1.82, 2.24) is 15.5 Å². The number of H-pyrrole nitrogens is 1. The lowest BCUT2D eigenvalue weighted by Gasteiger charge is -2.26. The van der Waals surface area contributed by atoms with Crippen LogP contribution in [0.15, 0.2) is 12.1 Å². The molecular formula is C12H16N4O. The lowest BCUT2D eigenvalue weighted by Crippen LogP contribution is -2.45. The standard InChI is InChI=1S/C12H16N4O/c1-7-2-9(17-6-8-4-14-5-8)3-10-11(7)12(13)16-15-10/h2-3,8,14H,4-6H2,1H3,(H3,13,15,16). The van der Waals surface area contributed by atoms with E-state index < -0.39 is 0 Å². The number of ether oxygens (including phenoxy) is 1. The molecule has 90 valence electrons. The third kappa shape index (κ3) is 1.82. The average Bonchev–Trinajstić information content (AvgIpc) is 2.58. The maximum absolute atomic E-state index is 5.79. The van der Waals surface area contributed by atoms with Crippen LogP contribution < -0.4 is 15.8 Å². The van der Waals surface area contributed by atoms with Crippen LogP contribution in [0.5, 0.6) is 5.75 Å². The molecule has 1 aliphatic rings. The van der Waals surface area contributed by atoms with Crippen LogP contribution in [0.3, 0.4) is 0 Å². The normalized spacial score (nSPS) is 16.1. The molecule has 4 N–H and O–H groups in total. The predicted molar refractivity (Wildman–Crippen MR) is 67.1 cm³/mol. The fourth-order valence-electron chi connectivity index (χ4n) is 2.12. The van der Waals surface area contributed by atoms with Gasteiger partial charge < -0.3 is 15.8 Å². The largest absolute Gasteiger partial charge is 0.493 e. The molecule has 0 atom stereocenters. The summed E-state index contributed by atoms with van der Waals surface area (Å²) in [6.07, 6.45) is 0. The first-order valence-corrected chi connectivity index (χ1v) is 5.82. The van der Waals surface area contributed by atoms with Gasteiger partial charge in [-0.25, -0.2) is 0 Å². The minimum absolute atomic E-state index is 0.548. The Hall–Kier alpha value is -1.75. The maximum Gasteiger partial charge on any atom is 0.153 e. The third-order valence-corrected chi connectivity index (χ3v) is 3.21. The number of nitrogens with two attached hydrogens (primary N) is 1. The van der Waals surface area contributed by atoms with Crippen molar-refractivity contribution in [2.24, 2.45) is 5.92 Å². The Morgan fingerprint density at radius 2 is 2.29 bits per heavy atom. The van der Waals surface area contributed by atoms with Gasteiger partial charge in [0, 0.05) is 30.5 Å². The number of rotatable bonds is 3. The van der Waals surface area contributed by atoms with Crippen LogP contribution in [-0.4, -0.2) is 29.9 Å². The number of benzene rings is 1. The lowest BCUT2D eigenvalue weighted by atomic mass is 10.1. The van der Waals surface area contributed by atoms with Crippen molar-refractivity contribution >= 4 is 16.7 Å². The molecule has 1 saturated heterocycles. The van der Waals surface area contributed by atoms with Gasteiger partial charge in [-0.3, -0.25) is 5.10 Å². The highest BCUT2D eigenvalue weighted by molar-refractivity contribution is 5.92. The summed E-state index contributed by atoms with van der Waals surface area (Å²) in [5.41, 5.74) is 7.82. The first-order chi connectivity index (χ1) is 8.24. The zero-order valence-corrected chi connectivity index (χ0v) is 9.79. The molecule has 0 bridgehead atoms. The van der Waals surface area contributed by atoms with Gasteiger partial charge in [0.25, 0.3) is 0 Å². The molecule has 0 spiro atoms. The van der Waals surface area contributed by atoms with Gasteiger partial charge in [-0.1, -0.05) is 0 Å². The van der Waals surface area contributed by atoms with Crippen LogP contribution in [-0.2, 0) is 0 Å². The van der Waals surface area contributed by atoms with E-state index in [2.05, 4.69) is 15.5 Å². The highest BCUT2D eigenvalue weighted by Gasteiger charge is 2.17. The van der Waals surface area contributed by atoms with E-state index in [1.807, 2.05) is 19.1 Å². The Kier molecular flexibility index (Phi) is 2.40. The van der Waals surface area contributed by atoms with Crippen LogP contribution in [0.1, 0.15) is 5.56 Å². The molecule has 1 fully saturated rings. The number of aromatic amines is 1. The van der Waals surface area contributed by atoms with E-state index in [1.54, 1.807) is 0 Å². The van der Waals surface area contributed by atoms with Crippen molar-refractivity contribution in [3.05, 3.63) is 17.7 Å². The van der Waals surface area contributed by atoms with E-state index in [1.165, 1.54) is 0 Å². The van der Waals surface area contributed by atoms with Gasteiger partial charge in [0.05, 0.1) is 12.1 Å². The summed E-state index contributed by atoms with van der Waals surface area (Å²) in [5, 5.41) is 11.1. The SMILES string of the molecule is Cc1cc(OCC2CNC2)cc2[nH]nc(N)c12. The number of hydrogen-bond acceptors (Lipinski definition) is 4. The van der Waals surface area contributed by atoms with Crippen LogP contribution in [0.4, 0.5) is 5.82 Å². The molecular weight excluding hydrogens is 216 g/mol. The molecule has 0 radical (unpaired) electrons. The van der Waals surface area contributed by atoms with Crippen molar-refractivity contribution in [3.63, 3.8) is 0 Å². The predicted octanol–water partition coefficient (Wildman–Crippen LogP) is 1.05. The fourth-order valence-corrected chi connectivity index (χ4v) is 2.12. The second kappa shape index (κ2) is 3.92. The van der Waals surface area contributed by atoms with Crippen molar-refractivity contribution in [1.29, 1.82) is 0 Å². The summed E-state index contributed by atoms with van der Waals surface area (Å²) in [4.78, 5) is 0. The molecule has 5 heteroatoms. The molecule has 3 rings (SSSR count). The smallest absolute Gasteiger partial charge is 0.153 e. The molecule has 5 nitrogen and oxygen atoms in total. The molecule has 17 heavy (non-hydrogen) atoms. The second-order valence-electron chi connectivity index (χ2n) is 4.61. The van der Waals surface area contributed by atoms with Gasteiger partial charge in [0.15, 0.2) is 5.82 Å². The van der Waals surface area contributed by atoms with Gasteiger partial charge in [-0.2, -0.15) is 5.10 Å². The molecule has 0 amide bonds. The zero-order chi connectivity index (χ0) is 11.8. The number of hydrogen-bond donors (Lipinski definition) is 3. The van der Waals surface area contributed by atoms with Gasteiger partial charge in [-0.05, 0) is 18.6 Å². The molecule has 2 heterocycles. The maximum atomic E-state index is 5.79. The molecule has 0 unspecified atom stereocenters. The van der Waals surface area contributed by atoms with E-state index in [9.17, 15) is 0 Å². The quantitative estimate of drug-likeness (QED) is 0.739. The van der Waals surface area contributed by atoms with Gasteiger partial charge in [-0.15, -0.1) is 0 Å². The number of fused-ring (bicyclic) bond motifs is 1. The van der Waals surface area contributed by atoms with Crippen molar-refractivity contribution in [2.75, 3.05) is 25.4 Å². The Morgan fingerprint density at radius 1 is 1.47 bits per heavy atom. The first-order valence-electron chi connectivity index (χ1n) is 5.82. The Labute approximate surface area is 99.3 Å². The van der Waals surface area contributed by atoms with E-state index in [0.717, 1.165) is 41.9 Å². The number of nitrogens with zero attached hydrogens (tertiary/aromatic N) is 1. The summed E-state index contributed by atoms with van der Waals surface area (Å²) in [5.74, 6) is 2.07. The summed E-state index contributed by atoms with van der Waals surface area (Å²) in [6.45, 7) is 4.89. The molecule has 1 aliphatic heterocycles. The minimum Gasteiger partial charge on any atom is -0.493 e. The number of anilines is 1. The summed E-state index contributed by atoms with van der Waals surface area (Å²) in [7, 11) is 0. The lowest BCUT2D eigenvalue weighted by molar-refractivity contribution is 0.199. The molecule has 2 aromatic rings. The van der Waals surface area contributed by atoms with Gasteiger partial charge in [0.1, 0.15) is 5.75 Å². The number of nitrogens with one attached hydrogen (secondary N) is 2. The molecule has 0 saturated carbocycles. The molecule has 1 aromatic carbocycles. The summed E-state index contributed by atoms with van der Waals surface area (Å²) in [6, 6.07) is 3.97. The van der Waals surface area contributed by atoms with E-state index in [4.69, 9.17) is 10.5 Å². The monoisotopic (exact) mass is 232 g/mol. The van der Waals surface area contributed by atoms with Crippen LogP contribution in [0.2, 0.25) is 0 Å². The molecule has 0 aliphatic carbocycles. The average molecular weight is 232 g/mol. The van der Waals surface area contributed by atoms with E-state index in [-0.39, 0.29) is 0 Å². The van der Waals surface area contributed by atoms with E-state index >= 15 is 0 Å². The minimum atomic E-state index is 0.548. The Morgan fingerprint density at radius 3 is 3.00 bits per heavy atom. The Bertz CT molecular complexity index is 545. The number of aromatic nitrogens is 2. The van der Waals surface area contributed by atoms with Crippen molar-refractivity contribution in [2.45, 2.75) is 6.92 Å². The number of nitrogen functional groups attached to an aromatic ring is 1. The highest BCUT2D eigenvalue weighted by atomic mass is 16.5. The van der Waals surface area contributed by atoms with Gasteiger partial charge >= 0.3 is 0 Å². The van der Waals surface area contributed by atoms with Crippen LogP contribution in [0.25, 0.3) is 10.9 Å². The summed E-state index contributed by atoms with van der Waals surface area (Å²) < 4.78 is 5.78. The first kappa shape index (κ1) is 10.4. The van der Waals surface area contributed by atoms with Crippen LogP contribution >= 0.6 is 0 Å². The third-order valence-electron chi connectivity index (χ3n) is 3.21. The molecule has 1 aromatic heterocycles. The second-order valence-corrected chi connectivity index (χ2v) is 4.61. The Balaban J connectivity index is 1.84. The van der Waals surface area contributed by atoms with Crippen molar-refractivity contribution < 1.29 is 4.74 Å². The fraction of sp³-hybridized carbons (Fsp3) is 0.417.